The second-order valence-electron chi connectivity index (χ2n) is 4.59. The molecule has 0 fully saturated rings. The van der Waals surface area contributed by atoms with Crippen LogP contribution in [0.25, 0.3) is 0 Å². The molecule has 0 aliphatic carbocycles. The maximum absolute atomic E-state index is 11.9. The Morgan fingerprint density at radius 2 is 1.79 bits per heavy atom. The first-order valence-corrected chi connectivity index (χ1v) is 7.56. The average Bonchev–Trinajstić information content (AvgIpc) is 2.38. The first-order chi connectivity index (χ1) is 8.78. The van der Waals surface area contributed by atoms with Gasteiger partial charge >= 0.3 is 0 Å². The number of nitrogens with one attached hydrogen (secondary N) is 1. The number of hydrogen-bond donors (Lipinski definition) is 1. The quantitative estimate of drug-likeness (QED) is 0.890. The minimum Gasteiger partial charge on any atom is -0.350 e. The number of hydrogen-bond acceptors (Lipinski definition) is 3. The molecule has 0 saturated heterocycles. The van der Waals surface area contributed by atoms with Crippen LogP contribution in [0.15, 0.2) is 29.2 Å². The molecular weight excluding hydrogens is 264 g/mol. The molecule has 1 unspecified atom stereocenters. The molecule has 1 aromatic carbocycles. The molecule has 6 heteroatoms. The summed E-state index contributed by atoms with van der Waals surface area (Å²) in [5.41, 5.74) is 0.456. The smallest absolute Gasteiger partial charge is 0.251 e. The molecule has 5 nitrogen and oxygen atoms in total. The van der Waals surface area contributed by atoms with Gasteiger partial charge in [0.25, 0.3) is 5.91 Å². The Bertz CT molecular complexity index is 536. The highest BCUT2D eigenvalue weighted by atomic mass is 32.2. The number of carbonyl (C=O) groups is 1. The lowest BCUT2D eigenvalue weighted by molar-refractivity contribution is 0.0939. The fourth-order valence-corrected chi connectivity index (χ4v) is 2.30. The van der Waals surface area contributed by atoms with E-state index in [0.717, 1.165) is 10.7 Å². The third-order valence-electron chi connectivity index (χ3n) is 2.88. The first kappa shape index (κ1) is 15.7. The molecule has 19 heavy (non-hydrogen) atoms. The molecule has 0 aromatic heterocycles. The van der Waals surface area contributed by atoms with Crippen LogP contribution >= 0.6 is 0 Å². The van der Waals surface area contributed by atoms with E-state index in [-0.39, 0.29) is 16.8 Å². The highest BCUT2D eigenvalue weighted by Crippen LogP contribution is 2.14. The third kappa shape index (κ3) is 3.78. The lowest BCUT2D eigenvalue weighted by Crippen LogP contribution is -2.31. The summed E-state index contributed by atoms with van der Waals surface area (Å²) in [6.45, 7) is 3.90. The van der Waals surface area contributed by atoms with Crippen molar-refractivity contribution >= 4 is 15.9 Å². The molecule has 1 amide bonds. The lowest BCUT2D eigenvalue weighted by atomic mass is 10.2. The minimum absolute atomic E-state index is 0.0951. The Balaban J connectivity index is 2.91. The van der Waals surface area contributed by atoms with Crippen LogP contribution in [-0.4, -0.2) is 38.8 Å². The number of rotatable bonds is 5. The predicted octanol–water partition coefficient (Wildman–Crippen LogP) is 1.47. The second kappa shape index (κ2) is 6.16. The van der Waals surface area contributed by atoms with Gasteiger partial charge in [0, 0.05) is 25.7 Å². The fourth-order valence-electron chi connectivity index (χ4n) is 1.40. The zero-order valence-corrected chi connectivity index (χ0v) is 12.5. The van der Waals surface area contributed by atoms with Crippen molar-refractivity contribution in [3.8, 4) is 0 Å². The summed E-state index contributed by atoms with van der Waals surface area (Å²) in [6.07, 6.45) is 0.846. The Morgan fingerprint density at radius 1 is 1.26 bits per heavy atom. The number of amides is 1. The van der Waals surface area contributed by atoms with Crippen LogP contribution in [0, 0.1) is 0 Å². The molecule has 0 spiro atoms. The Morgan fingerprint density at radius 3 is 2.21 bits per heavy atom. The van der Waals surface area contributed by atoms with E-state index >= 15 is 0 Å². The third-order valence-corrected chi connectivity index (χ3v) is 4.71. The van der Waals surface area contributed by atoms with Crippen molar-refractivity contribution < 1.29 is 13.2 Å². The van der Waals surface area contributed by atoms with Crippen molar-refractivity contribution in [1.29, 1.82) is 0 Å². The van der Waals surface area contributed by atoms with Crippen molar-refractivity contribution in [3.05, 3.63) is 29.8 Å². The van der Waals surface area contributed by atoms with Gasteiger partial charge in [-0.1, -0.05) is 6.92 Å². The maximum Gasteiger partial charge on any atom is 0.251 e. The van der Waals surface area contributed by atoms with Gasteiger partial charge in [0.1, 0.15) is 0 Å². The van der Waals surface area contributed by atoms with Crippen LogP contribution < -0.4 is 5.32 Å². The monoisotopic (exact) mass is 284 g/mol. The van der Waals surface area contributed by atoms with Crippen LogP contribution in [0.3, 0.4) is 0 Å². The Labute approximate surface area is 114 Å². The van der Waals surface area contributed by atoms with Crippen molar-refractivity contribution in [2.45, 2.75) is 31.2 Å². The van der Waals surface area contributed by atoms with Gasteiger partial charge in [0.05, 0.1) is 4.90 Å². The molecule has 1 aromatic rings. The van der Waals surface area contributed by atoms with Gasteiger partial charge in [-0.15, -0.1) is 0 Å². The molecular formula is C13H20N2O3S. The summed E-state index contributed by atoms with van der Waals surface area (Å²) < 4.78 is 24.9. The highest BCUT2D eigenvalue weighted by Gasteiger charge is 2.17. The molecule has 0 bridgehead atoms. The fraction of sp³-hybridized carbons (Fsp3) is 0.462. The van der Waals surface area contributed by atoms with Gasteiger partial charge in [-0.25, -0.2) is 12.7 Å². The van der Waals surface area contributed by atoms with Gasteiger partial charge in [-0.3, -0.25) is 4.79 Å². The molecule has 1 N–H and O–H groups in total. The van der Waals surface area contributed by atoms with E-state index < -0.39 is 10.0 Å². The van der Waals surface area contributed by atoms with E-state index in [1.807, 2.05) is 13.8 Å². The van der Waals surface area contributed by atoms with Crippen molar-refractivity contribution in [1.82, 2.24) is 9.62 Å². The van der Waals surface area contributed by atoms with E-state index in [2.05, 4.69) is 5.32 Å². The second-order valence-corrected chi connectivity index (χ2v) is 6.75. The topological polar surface area (TPSA) is 66.5 Å². The van der Waals surface area contributed by atoms with Crippen LogP contribution in [-0.2, 0) is 10.0 Å². The zero-order chi connectivity index (χ0) is 14.6. The summed E-state index contributed by atoms with van der Waals surface area (Å²) in [5, 5.41) is 2.83. The summed E-state index contributed by atoms with van der Waals surface area (Å²) in [7, 11) is -0.503. The molecule has 0 heterocycles. The van der Waals surface area contributed by atoms with E-state index in [1.165, 1.54) is 38.4 Å². The van der Waals surface area contributed by atoms with Gasteiger partial charge in [-0.2, -0.15) is 0 Å². The van der Waals surface area contributed by atoms with Crippen LogP contribution in [0.2, 0.25) is 0 Å². The summed E-state index contributed by atoms with van der Waals surface area (Å²) in [4.78, 5) is 12.0. The Kier molecular flexibility index (Phi) is 5.08. The first-order valence-electron chi connectivity index (χ1n) is 6.12. The molecule has 0 radical (unpaired) electrons. The van der Waals surface area contributed by atoms with E-state index in [1.54, 1.807) is 0 Å². The van der Waals surface area contributed by atoms with Gasteiger partial charge in [0.15, 0.2) is 0 Å². The van der Waals surface area contributed by atoms with Crippen LogP contribution in [0.4, 0.5) is 0 Å². The number of nitrogens with zero attached hydrogens (tertiary/aromatic N) is 1. The summed E-state index contributed by atoms with van der Waals surface area (Å²) in [6, 6.07) is 6.03. The molecule has 0 saturated carbocycles. The van der Waals surface area contributed by atoms with Crippen molar-refractivity contribution in [2.75, 3.05) is 14.1 Å². The minimum atomic E-state index is -3.45. The maximum atomic E-state index is 11.9. The predicted molar refractivity (Wildman–Crippen MR) is 74.5 cm³/mol. The van der Waals surface area contributed by atoms with Gasteiger partial charge < -0.3 is 5.32 Å². The van der Waals surface area contributed by atoms with Crippen LogP contribution in [0.5, 0.6) is 0 Å². The molecule has 106 valence electrons. The standard InChI is InChI=1S/C13H20N2O3S/c1-5-10(2)14-13(16)11-6-8-12(9-7-11)19(17,18)15(3)4/h6-10H,5H2,1-4H3,(H,14,16). The molecule has 0 aliphatic heterocycles. The molecule has 0 aliphatic rings. The van der Waals surface area contributed by atoms with E-state index in [9.17, 15) is 13.2 Å². The number of sulfonamides is 1. The highest BCUT2D eigenvalue weighted by molar-refractivity contribution is 7.89. The largest absolute Gasteiger partial charge is 0.350 e. The van der Waals surface area contributed by atoms with E-state index in [0.29, 0.717) is 5.56 Å². The SMILES string of the molecule is CCC(C)NC(=O)c1ccc(S(=O)(=O)N(C)C)cc1. The van der Waals surface area contributed by atoms with E-state index in [4.69, 9.17) is 0 Å². The molecule has 1 rings (SSSR count). The van der Waals surface area contributed by atoms with Crippen molar-refractivity contribution in [3.63, 3.8) is 0 Å². The zero-order valence-electron chi connectivity index (χ0n) is 11.7. The van der Waals surface area contributed by atoms with Gasteiger partial charge in [0.2, 0.25) is 10.0 Å². The van der Waals surface area contributed by atoms with Gasteiger partial charge in [-0.05, 0) is 37.6 Å². The summed E-state index contributed by atoms with van der Waals surface area (Å²) in [5.74, 6) is -0.192. The van der Waals surface area contributed by atoms with Crippen molar-refractivity contribution in [2.24, 2.45) is 0 Å². The lowest BCUT2D eigenvalue weighted by Gasteiger charge is -2.13. The normalized spacial score (nSPS) is 13.3. The molecule has 1 atom stereocenters. The average molecular weight is 284 g/mol. The summed E-state index contributed by atoms with van der Waals surface area (Å²) >= 11 is 0. The number of benzene rings is 1. The number of carbonyl (C=O) groups excluding carboxylic acids is 1. The Hall–Kier alpha value is -1.40. The van der Waals surface area contributed by atoms with Crippen LogP contribution in [0.1, 0.15) is 30.6 Å².